The van der Waals surface area contributed by atoms with Crippen LogP contribution in [0.4, 0.5) is 0 Å². The molecule has 1 saturated carbocycles. The third-order valence-electron chi connectivity index (χ3n) is 5.40. The highest BCUT2D eigenvalue weighted by molar-refractivity contribution is 7.10. The minimum atomic E-state index is -0.279. The van der Waals surface area contributed by atoms with Gasteiger partial charge in [-0.3, -0.25) is 4.79 Å². The predicted molar refractivity (Wildman–Crippen MR) is 87.3 cm³/mol. The number of thiophene rings is 1. The molecule has 1 aromatic heterocycles. The highest BCUT2D eigenvalue weighted by atomic mass is 32.1. The first kappa shape index (κ1) is 15.0. The summed E-state index contributed by atoms with van der Waals surface area (Å²) in [5.41, 5.74) is 7.16. The summed E-state index contributed by atoms with van der Waals surface area (Å²) < 4.78 is 0. The number of nitrogens with zero attached hydrogens (tertiary/aromatic N) is 1. The Kier molecular flexibility index (Phi) is 4.36. The fourth-order valence-corrected chi connectivity index (χ4v) is 5.05. The van der Waals surface area contributed by atoms with Crippen LogP contribution >= 0.6 is 11.3 Å². The summed E-state index contributed by atoms with van der Waals surface area (Å²) in [5, 5.41) is 2.17. The maximum atomic E-state index is 13.3. The van der Waals surface area contributed by atoms with E-state index in [9.17, 15) is 4.79 Å². The van der Waals surface area contributed by atoms with Crippen LogP contribution in [0.5, 0.6) is 0 Å². The third kappa shape index (κ3) is 2.53. The molecule has 1 fully saturated rings. The van der Waals surface area contributed by atoms with Gasteiger partial charge in [-0.15, -0.1) is 11.3 Å². The average Bonchev–Trinajstić information content (AvgIpc) is 3.02. The number of fused-ring (bicyclic) bond motifs is 1. The van der Waals surface area contributed by atoms with Crippen molar-refractivity contribution in [2.45, 2.75) is 57.9 Å². The largest absolute Gasteiger partial charge is 0.335 e. The predicted octanol–water partition coefficient (Wildman–Crippen LogP) is 3.49. The van der Waals surface area contributed by atoms with Crippen molar-refractivity contribution in [1.82, 2.24) is 4.90 Å². The second-order valence-electron chi connectivity index (χ2n) is 6.52. The van der Waals surface area contributed by atoms with Gasteiger partial charge < -0.3 is 10.6 Å². The molecule has 0 aromatic carbocycles. The molecular formula is C17H26N2OS. The Balaban J connectivity index is 1.87. The van der Waals surface area contributed by atoms with Crippen LogP contribution in [0, 0.1) is 5.41 Å². The summed E-state index contributed by atoms with van der Waals surface area (Å²) in [4.78, 5) is 16.9. The molecule has 2 N–H and O–H groups in total. The van der Waals surface area contributed by atoms with E-state index < -0.39 is 0 Å². The van der Waals surface area contributed by atoms with Crippen LogP contribution in [-0.2, 0) is 11.2 Å². The van der Waals surface area contributed by atoms with E-state index in [1.54, 1.807) is 0 Å². The molecule has 3 rings (SSSR count). The molecule has 1 aromatic rings. The Morgan fingerprint density at radius 3 is 2.86 bits per heavy atom. The van der Waals surface area contributed by atoms with E-state index in [0.29, 0.717) is 12.5 Å². The van der Waals surface area contributed by atoms with Crippen LogP contribution in [-0.4, -0.2) is 23.9 Å². The average molecular weight is 306 g/mol. The number of carbonyl (C=O) groups excluding carboxylic acids is 1. The zero-order valence-electron chi connectivity index (χ0n) is 12.9. The van der Waals surface area contributed by atoms with Gasteiger partial charge in [-0.1, -0.05) is 26.2 Å². The topological polar surface area (TPSA) is 46.3 Å². The Morgan fingerprint density at radius 2 is 2.19 bits per heavy atom. The van der Waals surface area contributed by atoms with Crippen molar-refractivity contribution in [1.29, 1.82) is 0 Å². The van der Waals surface area contributed by atoms with Crippen LogP contribution < -0.4 is 5.73 Å². The molecule has 1 atom stereocenters. The van der Waals surface area contributed by atoms with Gasteiger partial charge in [0.05, 0.1) is 11.5 Å². The minimum absolute atomic E-state index is 0.262. The van der Waals surface area contributed by atoms with Crippen LogP contribution in [0.25, 0.3) is 0 Å². The second-order valence-corrected chi connectivity index (χ2v) is 7.52. The molecule has 4 heteroatoms. The SMILES string of the molecule is CCC1c2ccsc2CCN1C(=O)C1(CN)CCCCC1. The quantitative estimate of drug-likeness (QED) is 0.929. The molecule has 3 nitrogen and oxygen atoms in total. The number of nitrogens with two attached hydrogens (primary N) is 1. The third-order valence-corrected chi connectivity index (χ3v) is 6.39. The number of rotatable bonds is 3. The summed E-state index contributed by atoms with van der Waals surface area (Å²) in [6, 6.07) is 2.47. The summed E-state index contributed by atoms with van der Waals surface area (Å²) >= 11 is 1.84. The smallest absolute Gasteiger partial charge is 0.230 e. The molecule has 0 spiro atoms. The maximum absolute atomic E-state index is 13.3. The van der Waals surface area contributed by atoms with Gasteiger partial charge in [-0.05, 0) is 42.7 Å². The fraction of sp³-hybridized carbons (Fsp3) is 0.706. The van der Waals surface area contributed by atoms with Crippen molar-refractivity contribution in [2.75, 3.05) is 13.1 Å². The normalized spacial score (nSPS) is 24.7. The number of carbonyl (C=O) groups is 1. The summed E-state index contributed by atoms with van der Waals surface area (Å²) in [5.74, 6) is 0.327. The summed E-state index contributed by atoms with van der Waals surface area (Å²) in [6.45, 7) is 3.57. The van der Waals surface area contributed by atoms with E-state index in [2.05, 4.69) is 23.3 Å². The molecule has 0 saturated heterocycles. The lowest BCUT2D eigenvalue weighted by Crippen LogP contribution is -2.51. The van der Waals surface area contributed by atoms with Gasteiger partial charge in [-0.25, -0.2) is 0 Å². The Hall–Kier alpha value is -0.870. The van der Waals surface area contributed by atoms with Gasteiger partial charge in [0.1, 0.15) is 0 Å². The van der Waals surface area contributed by atoms with E-state index in [4.69, 9.17) is 5.73 Å². The van der Waals surface area contributed by atoms with Crippen LogP contribution in [0.1, 0.15) is 61.9 Å². The van der Waals surface area contributed by atoms with Crippen molar-refractivity contribution in [3.63, 3.8) is 0 Å². The molecule has 21 heavy (non-hydrogen) atoms. The zero-order valence-corrected chi connectivity index (χ0v) is 13.8. The summed E-state index contributed by atoms with van der Waals surface area (Å²) in [6.07, 6.45) is 7.51. The van der Waals surface area contributed by atoms with E-state index >= 15 is 0 Å². The molecule has 1 amide bonds. The van der Waals surface area contributed by atoms with Gasteiger partial charge in [-0.2, -0.15) is 0 Å². The zero-order chi connectivity index (χ0) is 14.9. The fourth-order valence-electron chi connectivity index (χ4n) is 4.12. The molecular weight excluding hydrogens is 280 g/mol. The monoisotopic (exact) mass is 306 g/mol. The Labute approximate surface area is 131 Å². The molecule has 1 unspecified atom stereocenters. The van der Waals surface area contributed by atoms with Crippen LogP contribution in [0.2, 0.25) is 0 Å². The van der Waals surface area contributed by atoms with E-state index in [-0.39, 0.29) is 11.5 Å². The molecule has 0 bridgehead atoms. The molecule has 2 heterocycles. The van der Waals surface area contributed by atoms with Crippen LogP contribution in [0.15, 0.2) is 11.4 Å². The van der Waals surface area contributed by atoms with Crippen LogP contribution in [0.3, 0.4) is 0 Å². The van der Waals surface area contributed by atoms with Crippen molar-refractivity contribution in [3.05, 3.63) is 21.9 Å². The lowest BCUT2D eigenvalue weighted by molar-refractivity contribution is -0.147. The lowest BCUT2D eigenvalue weighted by atomic mass is 9.72. The van der Waals surface area contributed by atoms with E-state index in [0.717, 1.165) is 45.1 Å². The molecule has 0 radical (unpaired) electrons. The lowest BCUT2D eigenvalue weighted by Gasteiger charge is -2.43. The van der Waals surface area contributed by atoms with Gasteiger partial charge in [0, 0.05) is 18.0 Å². The van der Waals surface area contributed by atoms with Gasteiger partial charge >= 0.3 is 0 Å². The van der Waals surface area contributed by atoms with Crippen molar-refractivity contribution >= 4 is 17.2 Å². The summed E-state index contributed by atoms with van der Waals surface area (Å²) in [7, 11) is 0. The van der Waals surface area contributed by atoms with E-state index in [1.807, 2.05) is 11.3 Å². The number of hydrogen-bond acceptors (Lipinski definition) is 3. The van der Waals surface area contributed by atoms with Gasteiger partial charge in [0.25, 0.3) is 0 Å². The second kappa shape index (κ2) is 6.09. The van der Waals surface area contributed by atoms with Gasteiger partial charge in [0.2, 0.25) is 5.91 Å². The first-order valence-corrected chi connectivity index (χ1v) is 9.17. The first-order chi connectivity index (χ1) is 10.2. The minimum Gasteiger partial charge on any atom is -0.335 e. The van der Waals surface area contributed by atoms with Crippen molar-refractivity contribution in [2.24, 2.45) is 11.1 Å². The number of hydrogen-bond donors (Lipinski definition) is 1. The molecule has 1 aliphatic heterocycles. The maximum Gasteiger partial charge on any atom is 0.230 e. The molecule has 116 valence electrons. The highest BCUT2D eigenvalue weighted by Crippen LogP contribution is 2.42. The number of amides is 1. The van der Waals surface area contributed by atoms with Crippen molar-refractivity contribution < 1.29 is 4.79 Å². The molecule has 2 aliphatic rings. The first-order valence-electron chi connectivity index (χ1n) is 8.29. The van der Waals surface area contributed by atoms with E-state index in [1.165, 1.54) is 16.9 Å². The Morgan fingerprint density at radius 1 is 1.43 bits per heavy atom. The van der Waals surface area contributed by atoms with Crippen molar-refractivity contribution in [3.8, 4) is 0 Å². The standard InChI is InChI=1S/C17H26N2OS/c1-2-14-13-7-11-21-15(13)6-10-19(14)16(20)17(12-18)8-4-3-5-9-17/h7,11,14H,2-6,8-10,12,18H2,1H3. The van der Waals surface area contributed by atoms with Gasteiger partial charge in [0.15, 0.2) is 0 Å². The highest BCUT2D eigenvalue weighted by Gasteiger charge is 2.43. The Bertz CT molecular complexity index is 505. The molecule has 1 aliphatic carbocycles.